The van der Waals surface area contributed by atoms with Crippen LogP contribution in [0.3, 0.4) is 0 Å². The summed E-state index contributed by atoms with van der Waals surface area (Å²) < 4.78 is 75.2. The van der Waals surface area contributed by atoms with Crippen molar-refractivity contribution in [3.05, 3.63) is 34.9 Å². The van der Waals surface area contributed by atoms with Gasteiger partial charge in [-0.15, -0.1) is 0 Å². The minimum absolute atomic E-state index is 0.133. The molecule has 1 aromatic rings. The van der Waals surface area contributed by atoms with E-state index in [1.807, 2.05) is 5.16 Å². The molecule has 0 saturated heterocycles. The maximum Gasteiger partial charge on any atom is 0.450 e. The standard InChI is InChI=1S/C12H8ClF6NO2/c13-7-3-1-6(2-4-7)8(10(21)12(17,18)19)5-9(20-22)11(14,15)16/h1-4,8,22H,5H2. The molecule has 0 aliphatic rings. The van der Waals surface area contributed by atoms with Crippen molar-refractivity contribution in [3.8, 4) is 0 Å². The van der Waals surface area contributed by atoms with Crippen molar-refractivity contribution in [1.82, 2.24) is 0 Å². The van der Waals surface area contributed by atoms with Gasteiger partial charge in [0.1, 0.15) is 0 Å². The van der Waals surface area contributed by atoms with Crippen molar-refractivity contribution in [2.45, 2.75) is 24.7 Å². The fourth-order valence-corrected chi connectivity index (χ4v) is 1.79. The van der Waals surface area contributed by atoms with Crippen LogP contribution in [-0.2, 0) is 4.79 Å². The molecule has 1 aromatic carbocycles. The van der Waals surface area contributed by atoms with Crippen molar-refractivity contribution in [2.75, 3.05) is 0 Å². The molecular weight excluding hydrogens is 340 g/mol. The van der Waals surface area contributed by atoms with E-state index in [-0.39, 0.29) is 10.6 Å². The van der Waals surface area contributed by atoms with Gasteiger partial charge in [-0.3, -0.25) is 4.79 Å². The van der Waals surface area contributed by atoms with E-state index in [1.165, 1.54) is 0 Å². The summed E-state index contributed by atoms with van der Waals surface area (Å²) >= 11 is 5.54. The van der Waals surface area contributed by atoms with E-state index >= 15 is 0 Å². The summed E-state index contributed by atoms with van der Waals surface area (Å²) in [6.45, 7) is 0. The van der Waals surface area contributed by atoms with Crippen LogP contribution in [0.25, 0.3) is 0 Å². The van der Waals surface area contributed by atoms with Crippen LogP contribution in [0.4, 0.5) is 26.3 Å². The molecule has 1 rings (SSSR count). The minimum Gasteiger partial charge on any atom is -0.411 e. The van der Waals surface area contributed by atoms with Gasteiger partial charge in [0, 0.05) is 11.4 Å². The molecule has 22 heavy (non-hydrogen) atoms. The summed E-state index contributed by atoms with van der Waals surface area (Å²) in [6.07, 6.45) is -11.9. The van der Waals surface area contributed by atoms with E-state index < -0.39 is 36.2 Å². The summed E-state index contributed by atoms with van der Waals surface area (Å²) in [7, 11) is 0. The molecule has 0 aliphatic heterocycles. The van der Waals surface area contributed by atoms with E-state index in [2.05, 4.69) is 0 Å². The molecule has 0 heterocycles. The Labute approximate surface area is 125 Å². The lowest BCUT2D eigenvalue weighted by atomic mass is 9.89. The molecule has 0 spiro atoms. The summed E-state index contributed by atoms with van der Waals surface area (Å²) in [6, 6.07) is 4.28. The third kappa shape index (κ3) is 4.62. The number of halogens is 7. The largest absolute Gasteiger partial charge is 0.450 e. The first-order chi connectivity index (χ1) is 9.96. The zero-order valence-corrected chi connectivity index (χ0v) is 11.3. The summed E-state index contributed by atoms with van der Waals surface area (Å²) in [4.78, 5) is 11.4. The van der Waals surface area contributed by atoms with Crippen LogP contribution in [0, 0.1) is 0 Å². The van der Waals surface area contributed by atoms with Gasteiger partial charge in [0.05, 0.1) is 5.92 Å². The summed E-state index contributed by atoms with van der Waals surface area (Å²) in [5.74, 6) is -4.56. The lowest BCUT2D eigenvalue weighted by molar-refractivity contribution is -0.172. The Hall–Kier alpha value is -1.77. The van der Waals surface area contributed by atoms with Crippen LogP contribution < -0.4 is 0 Å². The lowest BCUT2D eigenvalue weighted by Crippen LogP contribution is -2.33. The number of benzene rings is 1. The topological polar surface area (TPSA) is 49.7 Å². The van der Waals surface area contributed by atoms with Crippen LogP contribution in [0.5, 0.6) is 0 Å². The average Bonchev–Trinajstić information content (AvgIpc) is 2.38. The third-order valence-corrected chi connectivity index (χ3v) is 2.97. The van der Waals surface area contributed by atoms with Crippen molar-refractivity contribution in [2.24, 2.45) is 5.16 Å². The zero-order valence-electron chi connectivity index (χ0n) is 10.5. The monoisotopic (exact) mass is 347 g/mol. The first kappa shape index (κ1) is 18.3. The van der Waals surface area contributed by atoms with Crippen molar-refractivity contribution < 1.29 is 36.3 Å². The maximum atomic E-state index is 12.6. The van der Waals surface area contributed by atoms with Gasteiger partial charge in [-0.2, -0.15) is 26.3 Å². The maximum absolute atomic E-state index is 12.6. The quantitative estimate of drug-likeness (QED) is 0.381. The van der Waals surface area contributed by atoms with Gasteiger partial charge in [0.2, 0.25) is 5.78 Å². The Morgan fingerprint density at radius 3 is 1.95 bits per heavy atom. The highest BCUT2D eigenvalue weighted by molar-refractivity contribution is 6.30. The van der Waals surface area contributed by atoms with Crippen molar-refractivity contribution >= 4 is 23.1 Å². The number of carbonyl (C=O) groups is 1. The zero-order chi connectivity index (χ0) is 17.1. The number of ketones is 1. The molecule has 10 heteroatoms. The number of oxime groups is 1. The molecule has 0 aliphatic carbocycles. The first-order valence-corrected chi connectivity index (χ1v) is 5.99. The Balaban J connectivity index is 3.23. The van der Waals surface area contributed by atoms with Gasteiger partial charge >= 0.3 is 12.4 Å². The number of rotatable bonds is 4. The molecule has 0 aromatic heterocycles. The molecule has 0 radical (unpaired) electrons. The van der Waals surface area contributed by atoms with Gasteiger partial charge in [-0.1, -0.05) is 28.9 Å². The molecule has 1 unspecified atom stereocenters. The van der Waals surface area contributed by atoms with Gasteiger partial charge in [0.25, 0.3) is 0 Å². The van der Waals surface area contributed by atoms with Gasteiger partial charge in [-0.25, -0.2) is 0 Å². The van der Waals surface area contributed by atoms with Crippen LogP contribution >= 0.6 is 11.6 Å². The molecule has 0 bridgehead atoms. The Morgan fingerprint density at radius 1 is 1.09 bits per heavy atom. The second kappa shape index (κ2) is 6.55. The number of nitrogens with zero attached hydrogens (tertiary/aromatic N) is 1. The molecule has 122 valence electrons. The Kier molecular flexibility index (Phi) is 5.44. The van der Waals surface area contributed by atoms with E-state index in [9.17, 15) is 31.1 Å². The van der Waals surface area contributed by atoms with Crippen LogP contribution in [0.15, 0.2) is 29.4 Å². The molecule has 0 amide bonds. The van der Waals surface area contributed by atoms with E-state index in [0.717, 1.165) is 24.3 Å². The number of carbonyl (C=O) groups excluding carboxylic acids is 1. The normalized spacial score (nSPS) is 14.8. The smallest absolute Gasteiger partial charge is 0.411 e. The van der Waals surface area contributed by atoms with Gasteiger partial charge in [-0.05, 0) is 17.7 Å². The van der Waals surface area contributed by atoms with Crippen LogP contribution in [0.2, 0.25) is 5.02 Å². The molecule has 0 fully saturated rings. The van der Waals surface area contributed by atoms with Gasteiger partial charge in [0.15, 0.2) is 5.71 Å². The fourth-order valence-electron chi connectivity index (χ4n) is 1.66. The lowest BCUT2D eigenvalue weighted by Gasteiger charge is -2.19. The predicted octanol–water partition coefficient (Wildman–Crippen LogP) is 4.34. The molecule has 1 atom stereocenters. The van der Waals surface area contributed by atoms with Crippen molar-refractivity contribution in [1.29, 1.82) is 0 Å². The first-order valence-electron chi connectivity index (χ1n) is 5.61. The number of hydrogen-bond donors (Lipinski definition) is 1. The average molecular weight is 348 g/mol. The predicted molar refractivity (Wildman–Crippen MR) is 65.1 cm³/mol. The summed E-state index contributed by atoms with van der Waals surface area (Å²) in [5, 5.41) is 10.4. The number of alkyl halides is 6. The van der Waals surface area contributed by atoms with Crippen LogP contribution in [-0.4, -0.2) is 29.1 Å². The van der Waals surface area contributed by atoms with Crippen molar-refractivity contribution in [3.63, 3.8) is 0 Å². The van der Waals surface area contributed by atoms with E-state index in [1.54, 1.807) is 0 Å². The number of Topliss-reactive ketones (excluding diaryl/α,β-unsaturated/α-hetero) is 1. The molecule has 0 saturated carbocycles. The molecule has 1 N–H and O–H groups in total. The molecule has 3 nitrogen and oxygen atoms in total. The van der Waals surface area contributed by atoms with Crippen LogP contribution in [0.1, 0.15) is 17.9 Å². The van der Waals surface area contributed by atoms with E-state index in [4.69, 9.17) is 16.8 Å². The Bertz CT molecular complexity index is 564. The summed E-state index contributed by atoms with van der Waals surface area (Å²) in [5.41, 5.74) is -2.21. The Morgan fingerprint density at radius 2 is 1.59 bits per heavy atom. The molecular formula is C12H8ClF6NO2. The highest BCUT2D eigenvalue weighted by Crippen LogP contribution is 2.33. The highest BCUT2D eigenvalue weighted by atomic mass is 35.5. The second-order valence-corrected chi connectivity index (χ2v) is 4.65. The van der Waals surface area contributed by atoms with E-state index in [0.29, 0.717) is 0 Å². The second-order valence-electron chi connectivity index (χ2n) is 4.21. The fraction of sp³-hybridized carbons (Fsp3) is 0.333. The third-order valence-electron chi connectivity index (χ3n) is 2.71. The minimum atomic E-state index is -5.34. The number of hydrogen-bond acceptors (Lipinski definition) is 3. The highest BCUT2D eigenvalue weighted by Gasteiger charge is 2.47. The SMILES string of the molecule is O=C(C(CC(=NO)C(F)(F)F)c1ccc(Cl)cc1)C(F)(F)F. The van der Waals surface area contributed by atoms with Gasteiger partial charge < -0.3 is 5.21 Å².